The molecule has 1 aliphatic rings. The Kier molecular flexibility index (Phi) is 4.56. The maximum atomic E-state index is 12.9. The molecule has 3 aromatic rings. The first kappa shape index (κ1) is 16.6. The van der Waals surface area contributed by atoms with E-state index in [9.17, 15) is 4.79 Å². The molecule has 0 radical (unpaired) electrons. The normalized spacial score (nSPS) is 17.4. The van der Waals surface area contributed by atoms with Crippen LogP contribution in [0.4, 0.5) is 0 Å². The van der Waals surface area contributed by atoms with Gasteiger partial charge in [-0.2, -0.15) is 0 Å². The lowest BCUT2D eigenvalue weighted by molar-refractivity contribution is 0.0661. The summed E-state index contributed by atoms with van der Waals surface area (Å²) in [4.78, 5) is 19.2. The molecule has 0 saturated carbocycles. The molecule has 1 fully saturated rings. The third kappa shape index (κ3) is 3.14. The van der Waals surface area contributed by atoms with E-state index in [2.05, 4.69) is 21.6 Å². The van der Waals surface area contributed by atoms with Gasteiger partial charge in [0.25, 0.3) is 5.91 Å². The van der Waals surface area contributed by atoms with E-state index in [0.29, 0.717) is 18.0 Å². The number of aryl methyl sites for hydroxylation is 1. The quantitative estimate of drug-likeness (QED) is 0.721. The van der Waals surface area contributed by atoms with E-state index in [1.807, 2.05) is 47.6 Å². The fraction of sp³-hybridized carbons (Fsp3) is 0.350. The number of likely N-dealkylation sites (tertiary alicyclic amines) is 1. The molecule has 0 N–H and O–H groups in total. The lowest BCUT2D eigenvalue weighted by Gasteiger charge is -2.32. The number of carbonyl (C=O) groups excluding carboxylic acids is 1. The molecule has 6 heteroatoms. The van der Waals surface area contributed by atoms with Crippen molar-refractivity contribution in [2.75, 3.05) is 13.1 Å². The first-order valence-electron chi connectivity index (χ1n) is 9.08. The van der Waals surface area contributed by atoms with E-state index < -0.39 is 0 Å². The summed E-state index contributed by atoms with van der Waals surface area (Å²) in [6.07, 6.45) is 5.85. The van der Waals surface area contributed by atoms with Crippen molar-refractivity contribution in [1.29, 1.82) is 0 Å². The molecule has 0 aliphatic carbocycles. The predicted octanol–water partition coefficient (Wildman–Crippen LogP) is 3.58. The smallest absolute Gasteiger partial charge is 0.292 e. The molecular weight excluding hydrogens is 328 g/mol. The maximum Gasteiger partial charge on any atom is 0.292 e. The largest absolute Gasteiger partial charge is 0.350 e. The van der Waals surface area contributed by atoms with E-state index in [0.717, 1.165) is 37.3 Å². The summed E-state index contributed by atoms with van der Waals surface area (Å²) >= 11 is 0. The van der Waals surface area contributed by atoms with E-state index in [1.165, 1.54) is 0 Å². The fourth-order valence-electron chi connectivity index (χ4n) is 3.60. The second kappa shape index (κ2) is 7.15. The van der Waals surface area contributed by atoms with Crippen LogP contribution in [0.2, 0.25) is 0 Å². The summed E-state index contributed by atoms with van der Waals surface area (Å²) < 4.78 is 7.50. The van der Waals surface area contributed by atoms with Crippen LogP contribution in [0, 0.1) is 0 Å². The molecular formula is C20H22N4O2. The topological polar surface area (TPSA) is 64.2 Å². The van der Waals surface area contributed by atoms with Crippen LogP contribution in [0.1, 0.15) is 42.1 Å². The predicted molar refractivity (Wildman–Crippen MR) is 97.7 cm³/mol. The molecule has 1 aromatic carbocycles. The van der Waals surface area contributed by atoms with Crippen molar-refractivity contribution in [3.05, 3.63) is 60.4 Å². The van der Waals surface area contributed by atoms with Crippen LogP contribution < -0.4 is 0 Å². The molecule has 0 unspecified atom stereocenters. The molecule has 2 aromatic heterocycles. The zero-order valence-electron chi connectivity index (χ0n) is 14.8. The van der Waals surface area contributed by atoms with Crippen LogP contribution in [-0.2, 0) is 6.54 Å². The molecule has 1 saturated heterocycles. The van der Waals surface area contributed by atoms with Crippen molar-refractivity contribution in [1.82, 2.24) is 19.6 Å². The van der Waals surface area contributed by atoms with Gasteiger partial charge in [0.1, 0.15) is 11.5 Å². The summed E-state index contributed by atoms with van der Waals surface area (Å²) in [6, 6.07) is 11.5. The Morgan fingerprint density at radius 3 is 2.96 bits per heavy atom. The van der Waals surface area contributed by atoms with Crippen molar-refractivity contribution in [3.63, 3.8) is 0 Å². The number of hydrogen-bond acceptors (Lipinski definition) is 4. The zero-order chi connectivity index (χ0) is 17.9. The summed E-state index contributed by atoms with van der Waals surface area (Å²) in [7, 11) is 0. The number of imidazole rings is 1. The number of amides is 1. The van der Waals surface area contributed by atoms with Gasteiger partial charge < -0.3 is 14.0 Å². The molecule has 0 bridgehead atoms. The Morgan fingerprint density at radius 1 is 1.31 bits per heavy atom. The van der Waals surface area contributed by atoms with Gasteiger partial charge in [0.2, 0.25) is 5.76 Å². The van der Waals surface area contributed by atoms with Crippen LogP contribution >= 0.6 is 0 Å². The molecule has 3 heterocycles. The van der Waals surface area contributed by atoms with Crippen molar-refractivity contribution in [2.45, 2.75) is 32.2 Å². The number of hydrogen-bond donors (Lipinski definition) is 0. The molecule has 1 amide bonds. The van der Waals surface area contributed by atoms with E-state index in [1.54, 1.807) is 6.07 Å². The molecule has 134 valence electrons. The number of nitrogens with zero attached hydrogens (tertiary/aromatic N) is 4. The first-order chi connectivity index (χ1) is 12.8. The highest BCUT2D eigenvalue weighted by atomic mass is 16.5. The second-order valence-electron chi connectivity index (χ2n) is 6.60. The van der Waals surface area contributed by atoms with Crippen LogP contribution in [0.3, 0.4) is 0 Å². The zero-order valence-corrected chi connectivity index (χ0v) is 14.8. The monoisotopic (exact) mass is 350 g/mol. The van der Waals surface area contributed by atoms with Gasteiger partial charge >= 0.3 is 0 Å². The van der Waals surface area contributed by atoms with Gasteiger partial charge in [-0.05, 0) is 19.8 Å². The van der Waals surface area contributed by atoms with Gasteiger partial charge in [0.05, 0.1) is 0 Å². The van der Waals surface area contributed by atoms with Crippen LogP contribution in [0.25, 0.3) is 11.3 Å². The summed E-state index contributed by atoms with van der Waals surface area (Å²) in [6.45, 7) is 4.40. The Bertz CT molecular complexity index is 884. The van der Waals surface area contributed by atoms with Crippen molar-refractivity contribution < 1.29 is 9.32 Å². The number of benzene rings is 1. The van der Waals surface area contributed by atoms with Crippen molar-refractivity contribution in [2.24, 2.45) is 0 Å². The van der Waals surface area contributed by atoms with E-state index in [-0.39, 0.29) is 11.8 Å². The maximum absolute atomic E-state index is 12.9. The lowest BCUT2D eigenvalue weighted by atomic mass is 9.97. The van der Waals surface area contributed by atoms with Crippen LogP contribution in [0.5, 0.6) is 0 Å². The highest BCUT2D eigenvalue weighted by Gasteiger charge is 2.29. The number of piperidine rings is 1. The van der Waals surface area contributed by atoms with Gasteiger partial charge in [-0.1, -0.05) is 35.5 Å². The van der Waals surface area contributed by atoms with Crippen molar-refractivity contribution in [3.8, 4) is 11.3 Å². The second-order valence-corrected chi connectivity index (χ2v) is 6.60. The molecule has 4 rings (SSSR count). The average Bonchev–Trinajstić information content (AvgIpc) is 3.37. The fourth-order valence-corrected chi connectivity index (χ4v) is 3.60. The molecule has 1 atom stereocenters. The van der Waals surface area contributed by atoms with Crippen LogP contribution in [-0.4, -0.2) is 38.6 Å². The SMILES string of the molecule is CCn1ccnc1[C@H]1CCCN(C(=O)c2cc(-c3ccccc3)no2)C1. The Balaban J connectivity index is 1.50. The van der Waals surface area contributed by atoms with Gasteiger partial charge in [-0.3, -0.25) is 4.79 Å². The highest BCUT2D eigenvalue weighted by molar-refractivity contribution is 5.92. The van der Waals surface area contributed by atoms with Gasteiger partial charge in [-0.15, -0.1) is 0 Å². The van der Waals surface area contributed by atoms with Crippen LogP contribution in [0.15, 0.2) is 53.3 Å². The standard InChI is InChI=1S/C20H22N4O2/c1-2-23-12-10-21-19(23)16-9-6-11-24(14-16)20(25)18-13-17(22-26-18)15-7-4-3-5-8-15/h3-5,7-8,10,12-13,16H,2,6,9,11,14H2,1H3/t16-/m0/s1. The number of rotatable bonds is 4. The van der Waals surface area contributed by atoms with Gasteiger partial charge in [0, 0.05) is 49.6 Å². The van der Waals surface area contributed by atoms with Gasteiger partial charge in [-0.25, -0.2) is 4.98 Å². The van der Waals surface area contributed by atoms with E-state index in [4.69, 9.17) is 4.52 Å². The average molecular weight is 350 g/mol. The van der Waals surface area contributed by atoms with E-state index >= 15 is 0 Å². The summed E-state index contributed by atoms with van der Waals surface area (Å²) in [5.41, 5.74) is 1.63. The molecule has 6 nitrogen and oxygen atoms in total. The summed E-state index contributed by atoms with van der Waals surface area (Å²) in [5.74, 6) is 1.52. The summed E-state index contributed by atoms with van der Waals surface area (Å²) in [5, 5.41) is 4.06. The third-order valence-electron chi connectivity index (χ3n) is 4.95. The minimum Gasteiger partial charge on any atom is -0.350 e. The highest BCUT2D eigenvalue weighted by Crippen LogP contribution is 2.27. The number of aromatic nitrogens is 3. The molecule has 26 heavy (non-hydrogen) atoms. The number of carbonyl (C=O) groups is 1. The molecule has 0 spiro atoms. The van der Waals surface area contributed by atoms with Gasteiger partial charge in [0.15, 0.2) is 0 Å². The Hall–Kier alpha value is -2.89. The Morgan fingerprint density at radius 2 is 2.15 bits per heavy atom. The molecule has 1 aliphatic heterocycles. The minimum atomic E-state index is -0.0982. The van der Waals surface area contributed by atoms with Crippen molar-refractivity contribution >= 4 is 5.91 Å². The minimum absolute atomic E-state index is 0.0982. The lowest BCUT2D eigenvalue weighted by Crippen LogP contribution is -2.39. The third-order valence-corrected chi connectivity index (χ3v) is 4.95. The first-order valence-corrected chi connectivity index (χ1v) is 9.08. The Labute approximate surface area is 152 Å².